The van der Waals surface area contributed by atoms with Gasteiger partial charge in [-0.2, -0.15) is 0 Å². The summed E-state index contributed by atoms with van der Waals surface area (Å²) in [4.78, 5) is 11.9. The molecule has 2 rings (SSSR count). The smallest absolute Gasteiger partial charge is 0.338 e. The molecule has 1 radical (unpaired) electrons. The van der Waals surface area contributed by atoms with Crippen molar-refractivity contribution in [2.24, 2.45) is 0 Å². The molecule has 2 heteroatoms. The zero-order valence-corrected chi connectivity index (χ0v) is 9.66. The fourth-order valence-corrected chi connectivity index (χ4v) is 2.21. The molecule has 1 fully saturated rings. The van der Waals surface area contributed by atoms with Gasteiger partial charge in [0, 0.05) is 0 Å². The minimum atomic E-state index is -0.255. The molecule has 1 aromatic rings. The van der Waals surface area contributed by atoms with Crippen molar-refractivity contribution in [2.45, 2.75) is 44.6 Å². The van der Waals surface area contributed by atoms with Gasteiger partial charge >= 0.3 is 5.97 Å². The van der Waals surface area contributed by atoms with Crippen LogP contribution >= 0.6 is 0 Å². The summed E-state index contributed by atoms with van der Waals surface area (Å²) in [6, 6.07) is 9.85. The summed E-state index contributed by atoms with van der Waals surface area (Å²) < 4.78 is 5.61. The summed E-state index contributed by atoms with van der Waals surface area (Å²) in [5.41, 5.74) is 0.361. The van der Waals surface area contributed by atoms with Gasteiger partial charge in [-0.1, -0.05) is 18.6 Å². The van der Waals surface area contributed by atoms with E-state index in [1.165, 1.54) is 6.42 Å². The van der Waals surface area contributed by atoms with Gasteiger partial charge in [-0.3, -0.25) is 0 Å². The summed E-state index contributed by atoms with van der Waals surface area (Å²) in [6.45, 7) is 2.04. The molecule has 85 valence electrons. The first-order valence-electron chi connectivity index (χ1n) is 5.89. The Bertz CT molecular complexity index is 350. The van der Waals surface area contributed by atoms with Gasteiger partial charge in [-0.15, -0.1) is 0 Å². The average Bonchev–Trinajstić information content (AvgIpc) is 2.30. The molecule has 2 nitrogen and oxygen atoms in total. The Hall–Kier alpha value is -1.31. The first-order valence-corrected chi connectivity index (χ1v) is 5.89. The van der Waals surface area contributed by atoms with Crippen LogP contribution in [0.5, 0.6) is 0 Å². The zero-order chi connectivity index (χ0) is 11.4. The Labute approximate surface area is 96.6 Å². The van der Waals surface area contributed by atoms with Gasteiger partial charge in [0.1, 0.15) is 5.60 Å². The Morgan fingerprint density at radius 2 is 1.88 bits per heavy atom. The molecule has 0 atom stereocenters. The molecule has 0 aromatic heterocycles. The number of carbonyl (C=O) groups excluding carboxylic acids is 1. The predicted molar refractivity (Wildman–Crippen MR) is 62.2 cm³/mol. The zero-order valence-electron chi connectivity index (χ0n) is 9.66. The van der Waals surface area contributed by atoms with E-state index in [1.54, 1.807) is 24.3 Å². The number of ether oxygens (including phenoxy) is 1. The van der Waals surface area contributed by atoms with Crippen LogP contribution in [0, 0.1) is 6.07 Å². The summed E-state index contributed by atoms with van der Waals surface area (Å²) in [6.07, 6.45) is 5.54. The quantitative estimate of drug-likeness (QED) is 0.710. The average molecular weight is 217 g/mol. The van der Waals surface area contributed by atoms with Crippen molar-refractivity contribution in [3.05, 3.63) is 35.9 Å². The van der Waals surface area contributed by atoms with Crippen LogP contribution in [0.15, 0.2) is 24.3 Å². The van der Waals surface area contributed by atoms with Crippen molar-refractivity contribution >= 4 is 5.97 Å². The Morgan fingerprint density at radius 1 is 1.25 bits per heavy atom. The van der Waals surface area contributed by atoms with Crippen LogP contribution in [0.25, 0.3) is 0 Å². The SMILES string of the molecule is CC1(OC(=O)c2cc[c]cc2)CCCCC1. The van der Waals surface area contributed by atoms with Crippen LogP contribution in [-0.4, -0.2) is 11.6 Å². The van der Waals surface area contributed by atoms with Gasteiger partial charge in [-0.25, -0.2) is 4.79 Å². The molecule has 0 heterocycles. The topological polar surface area (TPSA) is 26.3 Å². The number of hydrogen-bond donors (Lipinski definition) is 0. The lowest BCUT2D eigenvalue weighted by Gasteiger charge is -2.33. The summed E-state index contributed by atoms with van der Waals surface area (Å²) in [7, 11) is 0. The normalized spacial score (nSPS) is 19.1. The molecule has 1 saturated carbocycles. The molecule has 0 amide bonds. The van der Waals surface area contributed by atoms with Crippen LogP contribution in [0.3, 0.4) is 0 Å². The van der Waals surface area contributed by atoms with Crippen LogP contribution in [-0.2, 0) is 4.74 Å². The maximum atomic E-state index is 11.9. The van der Waals surface area contributed by atoms with Crippen LogP contribution < -0.4 is 0 Å². The van der Waals surface area contributed by atoms with Gasteiger partial charge in [0.25, 0.3) is 0 Å². The number of carbonyl (C=O) groups is 1. The van der Waals surface area contributed by atoms with Crippen LogP contribution in [0.1, 0.15) is 49.4 Å². The minimum Gasteiger partial charge on any atom is -0.456 e. The fourth-order valence-electron chi connectivity index (χ4n) is 2.21. The third kappa shape index (κ3) is 2.63. The van der Waals surface area contributed by atoms with E-state index in [9.17, 15) is 4.79 Å². The molecule has 0 spiro atoms. The molecule has 0 aliphatic heterocycles. The molecular weight excluding hydrogens is 200 g/mol. The molecule has 1 aliphatic rings. The van der Waals surface area contributed by atoms with Crippen LogP contribution in [0.4, 0.5) is 0 Å². The second-order valence-corrected chi connectivity index (χ2v) is 4.69. The fraction of sp³-hybridized carbons (Fsp3) is 0.500. The van der Waals surface area contributed by atoms with E-state index in [0.717, 1.165) is 25.7 Å². The van der Waals surface area contributed by atoms with Gasteiger partial charge in [0.15, 0.2) is 0 Å². The highest BCUT2D eigenvalue weighted by molar-refractivity contribution is 5.89. The highest BCUT2D eigenvalue weighted by Gasteiger charge is 2.30. The lowest BCUT2D eigenvalue weighted by Crippen LogP contribution is -2.33. The highest BCUT2D eigenvalue weighted by atomic mass is 16.6. The molecule has 0 N–H and O–H groups in total. The summed E-state index contributed by atoms with van der Waals surface area (Å²) >= 11 is 0. The monoisotopic (exact) mass is 217 g/mol. The van der Waals surface area contributed by atoms with Crippen molar-refractivity contribution in [3.63, 3.8) is 0 Å². The highest BCUT2D eigenvalue weighted by Crippen LogP contribution is 2.31. The van der Waals surface area contributed by atoms with E-state index in [0.29, 0.717) is 5.56 Å². The predicted octanol–water partition coefficient (Wildman–Crippen LogP) is 3.37. The van der Waals surface area contributed by atoms with Crippen molar-refractivity contribution in [1.82, 2.24) is 0 Å². The molecule has 1 aromatic carbocycles. The number of rotatable bonds is 2. The Kier molecular flexibility index (Phi) is 3.28. The van der Waals surface area contributed by atoms with E-state index in [4.69, 9.17) is 4.74 Å². The van der Waals surface area contributed by atoms with E-state index >= 15 is 0 Å². The Morgan fingerprint density at radius 3 is 2.50 bits per heavy atom. The maximum absolute atomic E-state index is 11.9. The Balaban J connectivity index is 2.01. The maximum Gasteiger partial charge on any atom is 0.338 e. The third-order valence-corrected chi connectivity index (χ3v) is 3.20. The number of esters is 1. The molecule has 1 aliphatic carbocycles. The van der Waals surface area contributed by atoms with E-state index in [1.807, 2.05) is 6.92 Å². The molecule has 16 heavy (non-hydrogen) atoms. The van der Waals surface area contributed by atoms with Gasteiger partial charge in [0.05, 0.1) is 5.56 Å². The van der Waals surface area contributed by atoms with Gasteiger partial charge in [0.2, 0.25) is 0 Å². The largest absolute Gasteiger partial charge is 0.456 e. The molecular formula is C14H17O2. The lowest BCUT2D eigenvalue weighted by molar-refractivity contribution is -0.0269. The van der Waals surface area contributed by atoms with Crippen molar-refractivity contribution in [3.8, 4) is 0 Å². The van der Waals surface area contributed by atoms with Crippen molar-refractivity contribution < 1.29 is 9.53 Å². The first kappa shape index (κ1) is 11.2. The number of hydrogen-bond acceptors (Lipinski definition) is 2. The van der Waals surface area contributed by atoms with Crippen LogP contribution in [0.2, 0.25) is 0 Å². The van der Waals surface area contributed by atoms with E-state index in [2.05, 4.69) is 6.07 Å². The number of benzene rings is 1. The van der Waals surface area contributed by atoms with E-state index in [-0.39, 0.29) is 11.6 Å². The summed E-state index contributed by atoms with van der Waals surface area (Å²) in [5, 5.41) is 0. The molecule has 0 unspecified atom stereocenters. The third-order valence-electron chi connectivity index (χ3n) is 3.20. The first-order chi connectivity index (χ1) is 7.70. The lowest BCUT2D eigenvalue weighted by atomic mass is 9.86. The summed E-state index contributed by atoms with van der Waals surface area (Å²) in [5.74, 6) is -0.210. The van der Waals surface area contributed by atoms with E-state index < -0.39 is 0 Å². The molecule has 0 saturated heterocycles. The van der Waals surface area contributed by atoms with Crippen molar-refractivity contribution in [2.75, 3.05) is 0 Å². The van der Waals surface area contributed by atoms with Gasteiger partial charge < -0.3 is 4.74 Å². The second-order valence-electron chi connectivity index (χ2n) is 4.69. The van der Waals surface area contributed by atoms with Crippen molar-refractivity contribution in [1.29, 1.82) is 0 Å². The van der Waals surface area contributed by atoms with Gasteiger partial charge in [-0.05, 0) is 50.8 Å². The standard InChI is InChI=1S/C14H17O2/c1-14(10-6-3-7-11-14)16-13(15)12-8-4-2-5-9-12/h4-5,8-9H,3,6-7,10-11H2,1H3. The second kappa shape index (κ2) is 4.69. The molecule has 0 bridgehead atoms. The minimum absolute atomic E-state index is 0.210.